The minimum Gasteiger partial charge on any atom is -0.496 e. The molecule has 0 radical (unpaired) electrons. The molecule has 0 aliphatic heterocycles. The van der Waals surface area contributed by atoms with Crippen molar-refractivity contribution >= 4 is 15.9 Å². The Kier molecular flexibility index (Phi) is 4.42. The van der Waals surface area contributed by atoms with Gasteiger partial charge < -0.3 is 15.2 Å². The molecule has 17 heavy (non-hydrogen) atoms. The number of hydrogen-bond acceptors (Lipinski definition) is 3. The van der Waals surface area contributed by atoms with Crippen molar-refractivity contribution in [1.29, 1.82) is 0 Å². The molecule has 1 aliphatic rings. The Balaban J connectivity index is 1.86. The largest absolute Gasteiger partial charge is 0.496 e. The van der Waals surface area contributed by atoms with Gasteiger partial charge in [0, 0.05) is 12.6 Å². The van der Waals surface area contributed by atoms with Crippen LogP contribution in [0.2, 0.25) is 0 Å². The zero-order valence-corrected chi connectivity index (χ0v) is 11.5. The molecule has 0 bridgehead atoms. The van der Waals surface area contributed by atoms with Crippen LogP contribution in [0.4, 0.5) is 0 Å². The van der Waals surface area contributed by atoms with Crippen molar-refractivity contribution in [2.75, 3.05) is 13.7 Å². The molecule has 94 valence electrons. The fourth-order valence-electron chi connectivity index (χ4n) is 1.77. The van der Waals surface area contributed by atoms with Gasteiger partial charge in [-0.15, -0.1) is 0 Å². The molecule has 1 saturated carbocycles. The zero-order valence-electron chi connectivity index (χ0n) is 9.95. The van der Waals surface area contributed by atoms with E-state index in [1.165, 1.54) is 12.8 Å². The number of rotatable bonds is 6. The highest BCUT2D eigenvalue weighted by molar-refractivity contribution is 9.10. The molecule has 0 saturated heterocycles. The average molecular weight is 300 g/mol. The topological polar surface area (TPSA) is 41.5 Å². The third-order valence-electron chi connectivity index (χ3n) is 2.91. The Bertz CT molecular complexity index is 380. The maximum Gasteiger partial charge on any atom is 0.133 e. The van der Waals surface area contributed by atoms with E-state index in [0.717, 1.165) is 15.8 Å². The second kappa shape index (κ2) is 5.85. The lowest BCUT2D eigenvalue weighted by Gasteiger charge is -2.12. The van der Waals surface area contributed by atoms with E-state index >= 15 is 0 Å². The lowest BCUT2D eigenvalue weighted by Crippen LogP contribution is -2.29. The van der Waals surface area contributed by atoms with E-state index in [2.05, 4.69) is 21.2 Å². The summed E-state index contributed by atoms with van der Waals surface area (Å²) >= 11 is 3.45. The maximum absolute atomic E-state index is 9.89. The zero-order chi connectivity index (χ0) is 12.3. The van der Waals surface area contributed by atoms with Crippen LogP contribution in [-0.4, -0.2) is 30.9 Å². The van der Waals surface area contributed by atoms with Crippen molar-refractivity contribution in [2.24, 2.45) is 0 Å². The van der Waals surface area contributed by atoms with Crippen LogP contribution in [-0.2, 0) is 6.42 Å². The predicted octanol–water partition coefficient (Wildman–Crippen LogP) is 2.11. The standard InChI is InChI=1S/C13H18BrNO2/c1-17-13-5-2-9(7-12(13)14)6-11(16)8-15-10-3-4-10/h2,5,7,10-11,15-16H,3-4,6,8H2,1H3. The molecule has 1 aromatic carbocycles. The van der Waals surface area contributed by atoms with Crippen LogP contribution in [0, 0.1) is 0 Å². The minimum atomic E-state index is -0.323. The lowest BCUT2D eigenvalue weighted by atomic mass is 10.1. The molecule has 2 N–H and O–H groups in total. The van der Waals surface area contributed by atoms with Crippen LogP contribution >= 0.6 is 15.9 Å². The molecule has 0 spiro atoms. The quantitative estimate of drug-likeness (QED) is 0.845. The normalized spacial score (nSPS) is 16.9. The molecule has 0 aromatic heterocycles. The van der Waals surface area contributed by atoms with E-state index in [0.29, 0.717) is 19.0 Å². The molecule has 1 fully saturated rings. The number of methoxy groups -OCH3 is 1. The van der Waals surface area contributed by atoms with Crippen LogP contribution in [0.15, 0.2) is 22.7 Å². The molecule has 4 heteroatoms. The lowest BCUT2D eigenvalue weighted by molar-refractivity contribution is 0.171. The Hall–Kier alpha value is -0.580. The highest BCUT2D eigenvalue weighted by Gasteiger charge is 2.21. The summed E-state index contributed by atoms with van der Waals surface area (Å²) in [6.07, 6.45) is 2.85. The second-order valence-corrected chi connectivity index (χ2v) is 5.36. The van der Waals surface area contributed by atoms with E-state index in [1.807, 2.05) is 18.2 Å². The third kappa shape index (κ3) is 3.98. The van der Waals surface area contributed by atoms with Crippen molar-refractivity contribution in [3.8, 4) is 5.75 Å². The molecule has 2 rings (SSSR count). The molecule has 1 aromatic rings. The van der Waals surface area contributed by atoms with Gasteiger partial charge in [0.2, 0.25) is 0 Å². The molecule has 3 nitrogen and oxygen atoms in total. The van der Waals surface area contributed by atoms with E-state index < -0.39 is 0 Å². The molecule has 1 atom stereocenters. The Labute approximate surface area is 110 Å². The minimum absolute atomic E-state index is 0.323. The summed E-state index contributed by atoms with van der Waals surface area (Å²) in [7, 11) is 1.65. The van der Waals surface area contributed by atoms with Gasteiger partial charge >= 0.3 is 0 Å². The van der Waals surface area contributed by atoms with Gasteiger partial charge in [0.05, 0.1) is 17.7 Å². The van der Waals surface area contributed by atoms with E-state index in [1.54, 1.807) is 7.11 Å². The molecule has 0 heterocycles. The van der Waals surface area contributed by atoms with Gasteiger partial charge in [-0.25, -0.2) is 0 Å². The highest BCUT2D eigenvalue weighted by Crippen LogP contribution is 2.26. The van der Waals surface area contributed by atoms with Gasteiger partial charge in [-0.1, -0.05) is 6.07 Å². The van der Waals surface area contributed by atoms with Crippen molar-refractivity contribution in [2.45, 2.75) is 31.4 Å². The van der Waals surface area contributed by atoms with Crippen molar-refractivity contribution in [3.63, 3.8) is 0 Å². The van der Waals surface area contributed by atoms with Gasteiger partial charge in [0.1, 0.15) is 5.75 Å². The Morgan fingerprint density at radius 1 is 1.53 bits per heavy atom. The number of nitrogens with one attached hydrogen (secondary N) is 1. The van der Waals surface area contributed by atoms with E-state index in [4.69, 9.17) is 4.74 Å². The number of halogens is 1. The molecule has 1 aliphatic carbocycles. The number of aliphatic hydroxyl groups excluding tert-OH is 1. The van der Waals surface area contributed by atoms with Crippen LogP contribution in [0.5, 0.6) is 5.75 Å². The molecular formula is C13H18BrNO2. The number of hydrogen-bond donors (Lipinski definition) is 2. The van der Waals surface area contributed by atoms with Gasteiger partial charge in [-0.2, -0.15) is 0 Å². The van der Waals surface area contributed by atoms with Crippen molar-refractivity contribution in [1.82, 2.24) is 5.32 Å². The number of benzene rings is 1. The number of aliphatic hydroxyl groups is 1. The Morgan fingerprint density at radius 3 is 2.88 bits per heavy atom. The van der Waals surface area contributed by atoms with Crippen LogP contribution < -0.4 is 10.1 Å². The van der Waals surface area contributed by atoms with Gasteiger partial charge in [-0.3, -0.25) is 0 Å². The summed E-state index contributed by atoms with van der Waals surface area (Å²) in [5.74, 6) is 0.819. The smallest absolute Gasteiger partial charge is 0.133 e. The summed E-state index contributed by atoms with van der Waals surface area (Å²) in [6, 6.07) is 6.55. The first kappa shape index (κ1) is 12.9. The summed E-state index contributed by atoms with van der Waals surface area (Å²) in [4.78, 5) is 0. The predicted molar refractivity (Wildman–Crippen MR) is 71.4 cm³/mol. The molecular weight excluding hydrogens is 282 g/mol. The number of ether oxygens (including phenoxy) is 1. The van der Waals surface area contributed by atoms with Crippen LogP contribution in [0.25, 0.3) is 0 Å². The van der Waals surface area contributed by atoms with Crippen molar-refractivity contribution < 1.29 is 9.84 Å². The third-order valence-corrected chi connectivity index (χ3v) is 3.53. The first-order valence-electron chi connectivity index (χ1n) is 5.93. The van der Waals surface area contributed by atoms with Gasteiger partial charge in [0.25, 0.3) is 0 Å². The first-order chi connectivity index (χ1) is 8.19. The van der Waals surface area contributed by atoms with E-state index in [-0.39, 0.29) is 6.10 Å². The van der Waals surface area contributed by atoms with Crippen LogP contribution in [0.1, 0.15) is 18.4 Å². The maximum atomic E-state index is 9.89. The van der Waals surface area contributed by atoms with Crippen LogP contribution in [0.3, 0.4) is 0 Å². The Morgan fingerprint density at radius 2 is 2.29 bits per heavy atom. The summed E-state index contributed by atoms with van der Waals surface area (Å²) in [5, 5.41) is 13.2. The molecule has 1 unspecified atom stereocenters. The summed E-state index contributed by atoms with van der Waals surface area (Å²) in [6.45, 7) is 0.675. The molecule has 0 amide bonds. The summed E-state index contributed by atoms with van der Waals surface area (Å²) in [5.41, 5.74) is 1.11. The second-order valence-electron chi connectivity index (χ2n) is 4.51. The fraction of sp³-hybridized carbons (Fsp3) is 0.538. The van der Waals surface area contributed by atoms with Gasteiger partial charge in [-0.05, 0) is 52.9 Å². The highest BCUT2D eigenvalue weighted by atomic mass is 79.9. The van der Waals surface area contributed by atoms with E-state index in [9.17, 15) is 5.11 Å². The SMILES string of the molecule is COc1ccc(CC(O)CNC2CC2)cc1Br. The average Bonchev–Trinajstić information content (AvgIpc) is 3.10. The monoisotopic (exact) mass is 299 g/mol. The fourth-order valence-corrected chi connectivity index (χ4v) is 2.36. The van der Waals surface area contributed by atoms with Crippen molar-refractivity contribution in [3.05, 3.63) is 28.2 Å². The van der Waals surface area contributed by atoms with Gasteiger partial charge in [0.15, 0.2) is 0 Å². The first-order valence-corrected chi connectivity index (χ1v) is 6.72. The summed E-state index contributed by atoms with van der Waals surface area (Å²) < 4.78 is 6.10.